The smallest absolute Gasteiger partial charge is 0.271 e. The number of pyridine rings is 1. The van der Waals surface area contributed by atoms with E-state index in [1.165, 1.54) is 0 Å². The Hall–Kier alpha value is -1.62. The van der Waals surface area contributed by atoms with E-state index in [2.05, 4.69) is 18.8 Å². The Morgan fingerprint density at radius 3 is 2.81 bits per heavy atom. The number of nitrogens with zero attached hydrogens (tertiary/aromatic N) is 2. The molecule has 1 atom stereocenters. The zero-order valence-corrected chi connectivity index (χ0v) is 13.5. The summed E-state index contributed by atoms with van der Waals surface area (Å²) in [6.07, 6.45) is 2.87. The molecule has 116 valence electrons. The zero-order chi connectivity index (χ0) is 15.6. The summed E-state index contributed by atoms with van der Waals surface area (Å²) in [6.45, 7) is 8.82. The molecule has 0 radical (unpaired) electrons. The van der Waals surface area contributed by atoms with Crippen molar-refractivity contribution in [3.8, 4) is 5.75 Å². The molecule has 0 fully saturated rings. The van der Waals surface area contributed by atoms with E-state index in [4.69, 9.17) is 9.47 Å². The molecule has 0 aliphatic carbocycles. The van der Waals surface area contributed by atoms with Gasteiger partial charge in [0.2, 0.25) is 0 Å². The number of carbonyl (C=O) groups is 1. The summed E-state index contributed by atoms with van der Waals surface area (Å²) in [4.78, 5) is 18.6. The van der Waals surface area contributed by atoms with Crippen LogP contribution in [0.3, 0.4) is 0 Å². The molecular formula is C16H24N2O3. The molecule has 2 heterocycles. The minimum atomic E-state index is -0.878. The highest BCUT2D eigenvalue weighted by molar-refractivity contribution is 6.01. The van der Waals surface area contributed by atoms with Crippen LogP contribution in [0.1, 0.15) is 45.6 Å². The second-order valence-corrected chi connectivity index (χ2v) is 5.96. The summed E-state index contributed by atoms with van der Waals surface area (Å²) in [5, 5.41) is 0. The van der Waals surface area contributed by atoms with Crippen molar-refractivity contribution in [2.24, 2.45) is 0 Å². The highest BCUT2D eigenvalue weighted by Crippen LogP contribution is 2.37. The number of ether oxygens (including phenoxy) is 2. The van der Waals surface area contributed by atoms with E-state index in [0.717, 1.165) is 12.0 Å². The van der Waals surface area contributed by atoms with Crippen LogP contribution in [0.25, 0.3) is 0 Å². The first-order valence-electron chi connectivity index (χ1n) is 7.40. The molecule has 0 N–H and O–H groups in total. The Morgan fingerprint density at radius 1 is 1.48 bits per heavy atom. The molecule has 0 saturated heterocycles. The van der Waals surface area contributed by atoms with Crippen LogP contribution in [0.5, 0.6) is 5.75 Å². The van der Waals surface area contributed by atoms with Gasteiger partial charge in [-0.25, -0.2) is 4.98 Å². The van der Waals surface area contributed by atoms with Crippen LogP contribution in [0.2, 0.25) is 0 Å². The van der Waals surface area contributed by atoms with Crippen molar-refractivity contribution in [3.05, 3.63) is 17.8 Å². The number of amides is 1. The summed E-state index contributed by atoms with van der Waals surface area (Å²) in [6, 6.07) is 2.00. The van der Waals surface area contributed by atoms with Gasteiger partial charge in [-0.3, -0.25) is 9.69 Å². The molecule has 1 aliphatic rings. The number of fused-ring (bicyclic) bond motifs is 1. The zero-order valence-electron chi connectivity index (χ0n) is 13.5. The van der Waals surface area contributed by atoms with E-state index in [9.17, 15) is 4.79 Å². The van der Waals surface area contributed by atoms with E-state index in [1.807, 2.05) is 12.3 Å². The quantitative estimate of drug-likeness (QED) is 0.837. The fourth-order valence-corrected chi connectivity index (χ4v) is 2.37. The number of hydrogen-bond acceptors (Lipinski definition) is 4. The number of hydrogen-bond donors (Lipinski definition) is 0. The van der Waals surface area contributed by atoms with Crippen molar-refractivity contribution in [1.82, 2.24) is 4.98 Å². The first kappa shape index (κ1) is 15.8. The van der Waals surface area contributed by atoms with E-state index in [1.54, 1.807) is 25.9 Å². The van der Waals surface area contributed by atoms with Gasteiger partial charge in [0.1, 0.15) is 0 Å². The Bertz CT molecular complexity index is 528. The predicted octanol–water partition coefficient (Wildman–Crippen LogP) is 2.75. The Morgan fingerprint density at radius 2 is 2.19 bits per heavy atom. The van der Waals surface area contributed by atoms with Crippen molar-refractivity contribution in [1.29, 1.82) is 0 Å². The predicted molar refractivity (Wildman–Crippen MR) is 81.9 cm³/mol. The number of methoxy groups -OCH3 is 1. The summed E-state index contributed by atoms with van der Waals surface area (Å²) in [5.74, 6) is 1.59. The third kappa shape index (κ3) is 3.02. The van der Waals surface area contributed by atoms with Crippen LogP contribution in [0, 0.1) is 0 Å². The minimum Gasteiger partial charge on any atom is -0.474 e. The van der Waals surface area contributed by atoms with Gasteiger partial charge in [-0.15, -0.1) is 0 Å². The molecule has 21 heavy (non-hydrogen) atoms. The number of anilines is 1. The molecule has 1 aromatic heterocycles. The van der Waals surface area contributed by atoms with Gasteiger partial charge in [0.25, 0.3) is 5.91 Å². The average molecular weight is 292 g/mol. The van der Waals surface area contributed by atoms with Crippen LogP contribution >= 0.6 is 0 Å². The first-order chi connectivity index (χ1) is 9.90. The number of carbonyl (C=O) groups excluding carboxylic acids is 1. The summed E-state index contributed by atoms with van der Waals surface area (Å²) in [7, 11) is 1.62. The Labute approximate surface area is 126 Å². The van der Waals surface area contributed by atoms with Crippen molar-refractivity contribution in [2.75, 3.05) is 25.2 Å². The lowest BCUT2D eigenvalue weighted by Gasteiger charge is -2.38. The van der Waals surface area contributed by atoms with Crippen LogP contribution in [-0.4, -0.2) is 36.8 Å². The van der Waals surface area contributed by atoms with Crippen LogP contribution in [0.4, 0.5) is 5.82 Å². The van der Waals surface area contributed by atoms with Crippen LogP contribution in [0.15, 0.2) is 12.3 Å². The molecule has 5 nitrogen and oxygen atoms in total. The summed E-state index contributed by atoms with van der Waals surface area (Å²) < 4.78 is 11.0. The van der Waals surface area contributed by atoms with Crippen molar-refractivity contribution < 1.29 is 14.3 Å². The second kappa shape index (κ2) is 6.02. The molecular weight excluding hydrogens is 268 g/mol. The second-order valence-electron chi connectivity index (χ2n) is 5.96. The fourth-order valence-electron chi connectivity index (χ4n) is 2.37. The van der Waals surface area contributed by atoms with E-state index in [-0.39, 0.29) is 5.91 Å². The fraction of sp³-hybridized carbons (Fsp3) is 0.625. The molecule has 1 unspecified atom stereocenters. The Kier molecular flexibility index (Phi) is 4.52. The molecule has 0 saturated carbocycles. The van der Waals surface area contributed by atoms with E-state index in [0.29, 0.717) is 30.6 Å². The van der Waals surface area contributed by atoms with Gasteiger partial charge in [0.15, 0.2) is 17.2 Å². The number of rotatable bonds is 5. The van der Waals surface area contributed by atoms with Gasteiger partial charge < -0.3 is 9.47 Å². The first-order valence-corrected chi connectivity index (χ1v) is 7.40. The SMILES string of the molecule is CCC(C)c1cnc2c(c1)OC(C)(C)C(=O)N2CCOC. The third-order valence-corrected chi connectivity index (χ3v) is 3.94. The molecule has 1 aliphatic heterocycles. The van der Waals surface area contributed by atoms with Crippen LogP contribution in [-0.2, 0) is 9.53 Å². The van der Waals surface area contributed by atoms with Gasteiger partial charge in [-0.1, -0.05) is 13.8 Å². The Balaban J connectivity index is 2.41. The van der Waals surface area contributed by atoms with Gasteiger partial charge in [-0.05, 0) is 37.8 Å². The molecule has 5 heteroatoms. The molecule has 2 rings (SSSR count). The standard InChI is InChI=1S/C16H24N2O3/c1-6-11(2)12-9-13-14(17-10-12)18(7-8-20-5)15(19)16(3,4)21-13/h9-11H,6-8H2,1-5H3. The molecule has 0 aromatic carbocycles. The highest BCUT2D eigenvalue weighted by atomic mass is 16.5. The van der Waals surface area contributed by atoms with E-state index >= 15 is 0 Å². The van der Waals surface area contributed by atoms with Gasteiger partial charge in [0, 0.05) is 13.3 Å². The van der Waals surface area contributed by atoms with E-state index < -0.39 is 5.60 Å². The molecule has 0 spiro atoms. The molecule has 1 amide bonds. The third-order valence-electron chi connectivity index (χ3n) is 3.94. The van der Waals surface area contributed by atoms with Crippen LogP contribution < -0.4 is 9.64 Å². The monoisotopic (exact) mass is 292 g/mol. The highest BCUT2D eigenvalue weighted by Gasteiger charge is 2.41. The number of aromatic nitrogens is 1. The average Bonchev–Trinajstić information content (AvgIpc) is 2.46. The minimum absolute atomic E-state index is 0.0872. The maximum absolute atomic E-state index is 12.5. The maximum Gasteiger partial charge on any atom is 0.271 e. The van der Waals surface area contributed by atoms with Gasteiger partial charge >= 0.3 is 0 Å². The van der Waals surface area contributed by atoms with Crippen molar-refractivity contribution in [2.45, 2.75) is 45.6 Å². The molecule has 0 bridgehead atoms. The van der Waals surface area contributed by atoms with Gasteiger partial charge in [0.05, 0.1) is 13.2 Å². The lowest BCUT2D eigenvalue weighted by Crippen LogP contribution is -2.53. The van der Waals surface area contributed by atoms with Gasteiger partial charge in [-0.2, -0.15) is 0 Å². The lowest BCUT2D eigenvalue weighted by atomic mass is 9.99. The maximum atomic E-state index is 12.5. The normalized spacial score (nSPS) is 18.1. The largest absolute Gasteiger partial charge is 0.474 e. The lowest BCUT2D eigenvalue weighted by molar-refractivity contribution is -0.133. The van der Waals surface area contributed by atoms with Crippen molar-refractivity contribution >= 4 is 11.7 Å². The summed E-state index contributed by atoms with van der Waals surface area (Å²) >= 11 is 0. The molecule has 1 aromatic rings. The summed E-state index contributed by atoms with van der Waals surface area (Å²) in [5.41, 5.74) is 0.254. The topological polar surface area (TPSA) is 51.7 Å². The van der Waals surface area contributed by atoms with Crippen molar-refractivity contribution in [3.63, 3.8) is 0 Å².